The van der Waals surface area contributed by atoms with E-state index >= 15 is 0 Å². The highest BCUT2D eigenvalue weighted by atomic mass is 35.5. The van der Waals surface area contributed by atoms with E-state index in [-0.39, 0.29) is 12.4 Å². The predicted molar refractivity (Wildman–Crippen MR) is 88.7 cm³/mol. The summed E-state index contributed by atoms with van der Waals surface area (Å²) in [5.41, 5.74) is 0.652. The first-order chi connectivity index (χ1) is 10.7. The van der Waals surface area contributed by atoms with Gasteiger partial charge in [-0.05, 0) is 32.4 Å². The highest BCUT2D eigenvalue weighted by Gasteiger charge is 2.09. The molecule has 132 valence electrons. The second-order valence-electron chi connectivity index (χ2n) is 5.17. The molecule has 0 aromatic heterocycles. The molecule has 0 saturated carbocycles. The fourth-order valence-electron chi connectivity index (χ4n) is 2.06. The fraction of sp³-hybridized carbons (Fsp3) is 0.588. The number of hydrogen-bond acceptors (Lipinski definition) is 3. The highest BCUT2D eigenvalue weighted by molar-refractivity contribution is 5.86. The molecule has 0 aliphatic carbocycles. The maximum Gasteiger partial charge on any atom is 0.411 e. The quantitative estimate of drug-likeness (QED) is 0.554. The van der Waals surface area contributed by atoms with Gasteiger partial charge in [0.25, 0.3) is 0 Å². The normalized spacial score (nSPS) is 10.1. The molecule has 5 nitrogen and oxygen atoms in total. The number of para-hydroxylation sites is 2. The number of likely N-dealkylation sites (N-methyl/N-ethyl adjacent to an activating group) is 1. The van der Waals surface area contributed by atoms with Gasteiger partial charge in [0.1, 0.15) is 18.9 Å². The molecule has 0 unspecified atom stereocenters. The molecule has 0 atom stereocenters. The van der Waals surface area contributed by atoms with Crippen LogP contribution >= 0.6 is 0 Å². The van der Waals surface area contributed by atoms with Crippen molar-refractivity contribution in [3.63, 3.8) is 0 Å². The third kappa shape index (κ3) is 8.67. The Morgan fingerprint density at radius 2 is 1.83 bits per heavy atom. The van der Waals surface area contributed by atoms with Crippen molar-refractivity contribution in [1.82, 2.24) is 0 Å². The zero-order chi connectivity index (χ0) is 16.2. The molecule has 1 rings (SSSR count). The topological polar surface area (TPSA) is 52.0 Å². The van der Waals surface area contributed by atoms with E-state index in [1.165, 1.54) is 4.90 Å². The molecule has 0 aliphatic heterocycles. The van der Waals surface area contributed by atoms with Gasteiger partial charge in [-0.3, -0.25) is 5.32 Å². The number of quaternary nitrogens is 1. The van der Waals surface area contributed by atoms with E-state index in [4.69, 9.17) is 9.47 Å². The Morgan fingerprint density at radius 1 is 1.13 bits per heavy atom. The van der Waals surface area contributed by atoms with Crippen molar-refractivity contribution in [3.05, 3.63) is 24.3 Å². The van der Waals surface area contributed by atoms with Crippen molar-refractivity contribution < 1.29 is 31.6 Å². The van der Waals surface area contributed by atoms with Crippen molar-refractivity contribution in [1.29, 1.82) is 0 Å². The number of hydrogen-bond donors (Lipinski definition) is 2. The molecule has 23 heavy (non-hydrogen) atoms. The minimum absolute atomic E-state index is 0. The summed E-state index contributed by atoms with van der Waals surface area (Å²) < 4.78 is 10.9. The number of benzene rings is 1. The van der Waals surface area contributed by atoms with Crippen molar-refractivity contribution in [2.45, 2.75) is 33.6 Å². The van der Waals surface area contributed by atoms with Gasteiger partial charge in [0.15, 0.2) is 0 Å². The van der Waals surface area contributed by atoms with Gasteiger partial charge in [0.05, 0.1) is 25.4 Å². The molecule has 0 saturated heterocycles. The van der Waals surface area contributed by atoms with Gasteiger partial charge < -0.3 is 26.8 Å². The molecular weight excluding hydrogens is 316 g/mol. The summed E-state index contributed by atoms with van der Waals surface area (Å²) in [7, 11) is 0. The van der Waals surface area contributed by atoms with Gasteiger partial charge in [0.2, 0.25) is 0 Å². The van der Waals surface area contributed by atoms with Crippen LogP contribution in [0.5, 0.6) is 5.75 Å². The van der Waals surface area contributed by atoms with E-state index < -0.39 is 6.09 Å². The number of amides is 1. The third-order valence-corrected chi connectivity index (χ3v) is 3.57. The van der Waals surface area contributed by atoms with Gasteiger partial charge in [0, 0.05) is 0 Å². The van der Waals surface area contributed by atoms with Crippen LogP contribution in [0.3, 0.4) is 0 Å². The lowest BCUT2D eigenvalue weighted by atomic mass is 10.3. The minimum Gasteiger partial charge on any atom is -1.00 e. The maximum atomic E-state index is 11.9. The number of anilines is 1. The highest BCUT2D eigenvalue weighted by Crippen LogP contribution is 2.24. The Morgan fingerprint density at radius 3 is 2.48 bits per heavy atom. The molecule has 2 N–H and O–H groups in total. The number of rotatable bonds is 10. The van der Waals surface area contributed by atoms with Gasteiger partial charge in [-0.15, -0.1) is 0 Å². The van der Waals surface area contributed by atoms with Crippen LogP contribution in [0, 0.1) is 0 Å². The van der Waals surface area contributed by atoms with Gasteiger partial charge in [-0.1, -0.05) is 25.5 Å². The van der Waals surface area contributed by atoms with Gasteiger partial charge >= 0.3 is 6.09 Å². The molecule has 1 aromatic carbocycles. The summed E-state index contributed by atoms with van der Waals surface area (Å²) in [6, 6.07) is 7.42. The Bertz CT molecular complexity index is 440. The molecule has 0 fully saturated rings. The van der Waals surface area contributed by atoms with E-state index in [0.29, 0.717) is 24.7 Å². The van der Waals surface area contributed by atoms with Crippen LogP contribution < -0.4 is 27.4 Å². The van der Waals surface area contributed by atoms with Crippen molar-refractivity contribution in [2.75, 3.05) is 38.2 Å². The summed E-state index contributed by atoms with van der Waals surface area (Å²) in [6.07, 6.45) is 1.63. The predicted octanol–water partition coefficient (Wildman–Crippen LogP) is -0.657. The van der Waals surface area contributed by atoms with Crippen LogP contribution in [0.2, 0.25) is 0 Å². The lowest BCUT2D eigenvalue weighted by Crippen LogP contribution is -3.11. The number of halogens is 1. The molecule has 0 aliphatic rings. The molecule has 1 aromatic rings. The molecule has 0 radical (unpaired) electrons. The van der Waals surface area contributed by atoms with Gasteiger partial charge in [-0.25, -0.2) is 4.79 Å². The SMILES string of the molecule is CCCCOc1ccccc1NC(=O)OCC[NH+](CC)CC.[Cl-]. The average molecular weight is 345 g/mol. The number of nitrogens with one attached hydrogen (secondary N) is 2. The van der Waals surface area contributed by atoms with E-state index in [0.717, 1.165) is 32.5 Å². The molecule has 1 amide bonds. The second-order valence-corrected chi connectivity index (χ2v) is 5.17. The fourth-order valence-corrected chi connectivity index (χ4v) is 2.06. The van der Waals surface area contributed by atoms with E-state index in [1.54, 1.807) is 0 Å². The lowest BCUT2D eigenvalue weighted by Gasteiger charge is -2.16. The van der Waals surface area contributed by atoms with E-state index in [1.807, 2.05) is 24.3 Å². The molecule has 0 bridgehead atoms. The zero-order valence-corrected chi connectivity index (χ0v) is 15.1. The van der Waals surface area contributed by atoms with Crippen LogP contribution in [0.1, 0.15) is 33.6 Å². The summed E-state index contributed by atoms with van der Waals surface area (Å²) in [4.78, 5) is 13.3. The van der Waals surface area contributed by atoms with Crippen molar-refractivity contribution in [3.8, 4) is 5.75 Å². The van der Waals surface area contributed by atoms with Crippen LogP contribution in [-0.4, -0.2) is 38.9 Å². The zero-order valence-electron chi connectivity index (χ0n) is 14.4. The number of carbonyl (C=O) groups excluding carboxylic acids is 1. The minimum atomic E-state index is -0.432. The van der Waals surface area contributed by atoms with Crippen LogP contribution in [-0.2, 0) is 4.74 Å². The Labute approximate surface area is 145 Å². The molecule has 0 heterocycles. The van der Waals surface area contributed by atoms with E-state index in [9.17, 15) is 4.79 Å². The number of ether oxygens (including phenoxy) is 2. The first kappa shape index (κ1) is 21.5. The second kappa shape index (κ2) is 13.0. The molecule has 6 heteroatoms. The van der Waals surface area contributed by atoms with Crippen LogP contribution in [0.25, 0.3) is 0 Å². The molecule has 0 spiro atoms. The molecular formula is C17H29ClN2O3. The average Bonchev–Trinajstić information content (AvgIpc) is 2.53. The summed E-state index contributed by atoms with van der Waals surface area (Å²) in [6.45, 7) is 10.3. The largest absolute Gasteiger partial charge is 1.00 e. The van der Waals surface area contributed by atoms with Gasteiger partial charge in [-0.2, -0.15) is 0 Å². The third-order valence-electron chi connectivity index (χ3n) is 3.57. The van der Waals surface area contributed by atoms with E-state index in [2.05, 4.69) is 26.1 Å². The van der Waals surface area contributed by atoms with Crippen LogP contribution in [0.4, 0.5) is 10.5 Å². The van der Waals surface area contributed by atoms with Crippen LogP contribution in [0.15, 0.2) is 24.3 Å². The Kier molecular flexibility index (Phi) is 12.2. The summed E-state index contributed by atoms with van der Waals surface area (Å²) >= 11 is 0. The summed E-state index contributed by atoms with van der Waals surface area (Å²) in [5.74, 6) is 0.683. The Balaban J connectivity index is 0.00000484. The standard InChI is InChI=1S/C17H28N2O3.ClH/c1-4-7-13-21-16-11-9-8-10-15(16)18-17(20)22-14-12-19(5-2)6-3;/h8-11H,4-7,12-14H2,1-3H3,(H,18,20);1H. The first-order valence-corrected chi connectivity index (χ1v) is 8.20. The summed E-state index contributed by atoms with van der Waals surface area (Å²) in [5, 5.41) is 2.75. The number of carbonyl (C=O) groups is 1. The smallest absolute Gasteiger partial charge is 0.411 e. The van der Waals surface area contributed by atoms with Crippen molar-refractivity contribution in [2.24, 2.45) is 0 Å². The maximum absolute atomic E-state index is 11.9. The lowest BCUT2D eigenvalue weighted by molar-refractivity contribution is -0.896. The monoisotopic (exact) mass is 344 g/mol. The number of unbranched alkanes of at least 4 members (excludes halogenated alkanes) is 1. The Hall–Kier alpha value is -1.46. The first-order valence-electron chi connectivity index (χ1n) is 8.20. The van der Waals surface area contributed by atoms with Crippen molar-refractivity contribution >= 4 is 11.8 Å².